The Hall–Kier alpha value is -3.04. The highest BCUT2D eigenvalue weighted by Gasteiger charge is 2.26. The Balaban J connectivity index is 1.06. The Kier molecular flexibility index (Phi) is 7.77. The number of nitrogens with one attached hydrogen (secondary N) is 3. The third kappa shape index (κ3) is 6.20. The molecule has 4 heterocycles. The second kappa shape index (κ2) is 11.3. The van der Waals surface area contributed by atoms with E-state index in [0.717, 1.165) is 61.2 Å². The molecule has 3 aromatic rings. The van der Waals surface area contributed by atoms with E-state index in [2.05, 4.69) is 42.8 Å². The van der Waals surface area contributed by atoms with Crippen LogP contribution in [0.3, 0.4) is 0 Å². The van der Waals surface area contributed by atoms with Crippen molar-refractivity contribution < 1.29 is 9.53 Å². The number of aromatic nitrogens is 4. The van der Waals surface area contributed by atoms with Gasteiger partial charge in [-0.2, -0.15) is 0 Å². The lowest BCUT2D eigenvalue weighted by atomic mass is 9.82. The number of halogens is 1. The summed E-state index contributed by atoms with van der Waals surface area (Å²) in [5.74, 6) is 2.41. The number of nitrogens with zero attached hydrogens (tertiary/aromatic N) is 4. The minimum atomic E-state index is -0.0106. The van der Waals surface area contributed by atoms with Gasteiger partial charge in [-0.05, 0) is 62.3 Å². The van der Waals surface area contributed by atoms with E-state index in [4.69, 9.17) is 16.3 Å². The van der Waals surface area contributed by atoms with Crippen LogP contribution in [-0.4, -0.2) is 57.7 Å². The molecule has 0 unspecified atom stereocenters. The summed E-state index contributed by atoms with van der Waals surface area (Å²) in [5.41, 5.74) is 1.53. The monoisotopic (exact) mass is 509 g/mol. The standard InChI is InChI=1S/C26H32ClN7O2/c1-16(32-26-30-11-17(12-31-26)10-23(35)29-13-18-14-36-15-18)19-2-5-21(6-3-19)33-22-7-4-20-8-9-28-25(27)24(20)34-22/h4,7-9,11-12,16,18-19,21H,2-3,5-6,10,13-15H2,1H3,(H,29,35)(H,33,34)(H,30,31,32)/t16-,19?,21?/m0/s1. The summed E-state index contributed by atoms with van der Waals surface area (Å²) in [4.78, 5) is 29.8. The second-order valence-corrected chi connectivity index (χ2v) is 10.2. The van der Waals surface area contributed by atoms with Crippen LogP contribution in [0.2, 0.25) is 5.15 Å². The summed E-state index contributed by atoms with van der Waals surface area (Å²) in [6.07, 6.45) is 9.79. The molecule has 3 aromatic heterocycles. The molecule has 1 saturated heterocycles. The largest absolute Gasteiger partial charge is 0.381 e. The normalized spacial score (nSPS) is 20.9. The zero-order valence-corrected chi connectivity index (χ0v) is 21.2. The molecule has 10 heteroatoms. The maximum Gasteiger partial charge on any atom is 0.224 e. The highest BCUT2D eigenvalue weighted by molar-refractivity contribution is 6.33. The van der Waals surface area contributed by atoms with E-state index in [1.54, 1.807) is 18.6 Å². The minimum absolute atomic E-state index is 0.0106. The third-order valence-corrected chi connectivity index (χ3v) is 7.39. The Morgan fingerprint density at radius 2 is 1.89 bits per heavy atom. The molecule has 2 fully saturated rings. The third-order valence-electron chi connectivity index (χ3n) is 7.12. The average Bonchev–Trinajstić information content (AvgIpc) is 2.85. The highest BCUT2D eigenvalue weighted by Crippen LogP contribution is 2.30. The molecule has 3 N–H and O–H groups in total. The van der Waals surface area contributed by atoms with Crippen molar-refractivity contribution in [1.29, 1.82) is 0 Å². The van der Waals surface area contributed by atoms with E-state index in [-0.39, 0.29) is 18.4 Å². The van der Waals surface area contributed by atoms with Crippen molar-refractivity contribution in [1.82, 2.24) is 25.3 Å². The van der Waals surface area contributed by atoms with Crippen LogP contribution in [0.15, 0.2) is 36.8 Å². The molecule has 2 aliphatic rings. The van der Waals surface area contributed by atoms with Gasteiger partial charge in [0.25, 0.3) is 0 Å². The number of carbonyl (C=O) groups is 1. The molecule has 0 spiro atoms. The number of fused-ring (bicyclic) bond motifs is 1. The Morgan fingerprint density at radius 1 is 1.11 bits per heavy atom. The van der Waals surface area contributed by atoms with Crippen LogP contribution < -0.4 is 16.0 Å². The molecule has 36 heavy (non-hydrogen) atoms. The number of hydrogen-bond acceptors (Lipinski definition) is 8. The van der Waals surface area contributed by atoms with Crippen molar-refractivity contribution in [2.45, 2.75) is 51.1 Å². The minimum Gasteiger partial charge on any atom is -0.381 e. The van der Waals surface area contributed by atoms with Crippen LogP contribution in [0.5, 0.6) is 0 Å². The Bertz CT molecular complexity index is 1180. The molecule has 5 rings (SSSR count). The maximum absolute atomic E-state index is 12.1. The smallest absolute Gasteiger partial charge is 0.224 e. The van der Waals surface area contributed by atoms with Crippen LogP contribution in [-0.2, 0) is 16.0 Å². The van der Waals surface area contributed by atoms with Gasteiger partial charge in [-0.1, -0.05) is 11.6 Å². The molecule has 190 valence electrons. The predicted molar refractivity (Wildman–Crippen MR) is 140 cm³/mol. The molecular formula is C26H32ClN7O2. The van der Waals surface area contributed by atoms with E-state index >= 15 is 0 Å². The number of carbonyl (C=O) groups excluding carboxylic acids is 1. The molecule has 1 aliphatic carbocycles. The molecule has 1 atom stereocenters. The molecule has 9 nitrogen and oxygen atoms in total. The second-order valence-electron chi connectivity index (χ2n) is 9.86. The summed E-state index contributed by atoms with van der Waals surface area (Å²) >= 11 is 6.21. The van der Waals surface area contributed by atoms with Crippen molar-refractivity contribution in [2.24, 2.45) is 11.8 Å². The molecule has 1 aliphatic heterocycles. The number of amides is 1. The number of anilines is 2. The van der Waals surface area contributed by atoms with Crippen molar-refractivity contribution in [2.75, 3.05) is 30.4 Å². The van der Waals surface area contributed by atoms with Crippen molar-refractivity contribution in [3.05, 3.63) is 47.5 Å². The number of ether oxygens (including phenoxy) is 1. The van der Waals surface area contributed by atoms with Crippen LogP contribution in [0, 0.1) is 11.8 Å². The van der Waals surface area contributed by atoms with E-state index in [1.165, 1.54) is 0 Å². The first kappa shape index (κ1) is 24.6. The van der Waals surface area contributed by atoms with Gasteiger partial charge in [0.1, 0.15) is 11.3 Å². The molecule has 0 bridgehead atoms. The zero-order chi connectivity index (χ0) is 24.9. The van der Waals surface area contributed by atoms with Crippen LogP contribution in [0.4, 0.5) is 11.8 Å². The van der Waals surface area contributed by atoms with E-state index in [9.17, 15) is 4.79 Å². The zero-order valence-electron chi connectivity index (χ0n) is 20.4. The van der Waals surface area contributed by atoms with Gasteiger partial charge in [0, 0.05) is 48.5 Å². The molecule has 1 saturated carbocycles. The van der Waals surface area contributed by atoms with Gasteiger partial charge in [-0.25, -0.2) is 19.9 Å². The topological polar surface area (TPSA) is 114 Å². The first-order valence-electron chi connectivity index (χ1n) is 12.6. The van der Waals surface area contributed by atoms with Crippen molar-refractivity contribution in [3.8, 4) is 0 Å². The molecule has 0 radical (unpaired) electrons. The fourth-order valence-corrected chi connectivity index (χ4v) is 5.03. The van der Waals surface area contributed by atoms with Gasteiger partial charge < -0.3 is 20.7 Å². The lowest BCUT2D eigenvalue weighted by Gasteiger charge is -2.33. The summed E-state index contributed by atoms with van der Waals surface area (Å²) < 4.78 is 5.13. The van der Waals surface area contributed by atoms with Gasteiger partial charge in [0.2, 0.25) is 11.9 Å². The van der Waals surface area contributed by atoms with E-state index < -0.39 is 0 Å². The first-order valence-corrected chi connectivity index (χ1v) is 13.0. The fourth-order valence-electron chi connectivity index (χ4n) is 4.82. The van der Waals surface area contributed by atoms with Crippen molar-refractivity contribution >= 4 is 40.2 Å². The van der Waals surface area contributed by atoms with E-state index in [0.29, 0.717) is 35.5 Å². The quantitative estimate of drug-likeness (QED) is 0.373. The summed E-state index contributed by atoms with van der Waals surface area (Å²) in [5, 5.41) is 11.4. The lowest BCUT2D eigenvalue weighted by molar-refractivity contribution is -0.121. The summed E-state index contributed by atoms with van der Waals surface area (Å²) in [7, 11) is 0. The van der Waals surface area contributed by atoms with Gasteiger partial charge in [-0.15, -0.1) is 0 Å². The summed E-state index contributed by atoms with van der Waals surface area (Å²) in [6.45, 7) is 4.32. The van der Waals surface area contributed by atoms with Gasteiger partial charge in [-0.3, -0.25) is 4.79 Å². The van der Waals surface area contributed by atoms with Gasteiger partial charge >= 0.3 is 0 Å². The molecule has 0 aromatic carbocycles. The SMILES string of the molecule is C[C@H](Nc1ncc(CC(=O)NCC2COC2)cn1)C1CCC(Nc2ccc3ccnc(Cl)c3n2)CC1. The van der Waals surface area contributed by atoms with Gasteiger partial charge in [0.05, 0.1) is 19.6 Å². The van der Waals surface area contributed by atoms with Crippen LogP contribution >= 0.6 is 11.6 Å². The number of hydrogen-bond donors (Lipinski definition) is 3. The lowest BCUT2D eigenvalue weighted by Crippen LogP contribution is -2.39. The molecule has 1 amide bonds. The Labute approximate surface area is 215 Å². The first-order chi connectivity index (χ1) is 17.5. The number of rotatable bonds is 9. The van der Waals surface area contributed by atoms with Gasteiger partial charge in [0.15, 0.2) is 5.15 Å². The van der Waals surface area contributed by atoms with Crippen LogP contribution in [0.25, 0.3) is 10.9 Å². The highest BCUT2D eigenvalue weighted by atomic mass is 35.5. The fraction of sp³-hybridized carbons (Fsp3) is 0.500. The van der Waals surface area contributed by atoms with Crippen molar-refractivity contribution in [3.63, 3.8) is 0 Å². The Morgan fingerprint density at radius 3 is 2.61 bits per heavy atom. The molecular weight excluding hydrogens is 478 g/mol. The number of pyridine rings is 2. The maximum atomic E-state index is 12.1. The van der Waals surface area contributed by atoms with Crippen LogP contribution in [0.1, 0.15) is 38.2 Å². The predicted octanol–water partition coefficient (Wildman–Crippen LogP) is 3.85. The summed E-state index contributed by atoms with van der Waals surface area (Å²) in [6, 6.07) is 6.58. The average molecular weight is 510 g/mol. The van der Waals surface area contributed by atoms with E-state index in [1.807, 2.05) is 18.2 Å².